The van der Waals surface area contributed by atoms with Crippen LogP contribution < -0.4 is 10.3 Å². The lowest BCUT2D eigenvalue weighted by atomic mass is 10.2. The molecule has 0 saturated heterocycles. The highest BCUT2D eigenvalue weighted by atomic mass is 79.9. The average molecular weight is 549 g/mol. The number of halogens is 2. The number of hydrogen-bond donors (Lipinski definition) is 0. The normalized spacial score (nSPS) is 11.2. The summed E-state index contributed by atoms with van der Waals surface area (Å²) in [5, 5.41) is 24.9. The third-order valence-electron chi connectivity index (χ3n) is 4.20. The Bertz CT molecular complexity index is 1310. The second-order valence-corrected chi connectivity index (χ2v) is 8.53. The second kappa shape index (κ2) is 9.36. The number of aromatic nitrogens is 2. The standard InChI is InChI=1S/C20H15Br2N5O4/c1-11(2)19-25-16-4-3-13(21)8-15(16)20(28)26(19)24-10-12-7-14(22)9-17(27(29)30)18(12)31-6-5-23/h3-4,7-11H,6H2,1-2H3. The molecule has 0 aliphatic heterocycles. The minimum absolute atomic E-state index is 0.117. The van der Waals surface area contributed by atoms with Crippen LogP contribution in [0, 0.1) is 21.4 Å². The van der Waals surface area contributed by atoms with Gasteiger partial charge in [-0.15, -0.1) is 0 Å². The third kappa shape index (κ3) is 4.81. The van der Waals surface area contributed by atoms with E-state index in [4.69, 9.17) is 10.00 Å². The van der Waals surface area contributed by atoms with Gasteiger partial charge in [-0.25, -0.2) is 4.98 Å². The molecule has 2 aromatic carbocycles. The molecule has 31 heavy (non-hydrogen) atoms. The number of benzene rings is 2. The lowest BCUT2D eigenvalue weighted by molar-refractivity contribution is -0.385. The van der Waals surface area contributed by atoms with Crippen molar-refractivity contribution in [1.29, 1.82) is 5.26 Å². The van der Waals surface area contributed by atoms with Crippen LogP contribution in [0.15, 0.2) is 49.2 Å². The predicted octanol–water partition coefficient (Wildman–Crippen LogP) is 4.74. The maximum Gasteiger partial charge on any atom is 0.312 e. The minimum Gasteiger partial charge on any atom is -0.471 e. The predicted molar refractivity (Wildman–Crippen MR) is 123 cm³/mol. The number of nitro groups is 1. The molecule has 0 amide bonds. The molecular weight excluding hydrogens is 534 g/mol. The maximum atomic E-state index is 13.1. The Morgan fingerprint density at radius 1 is 1.32 bits per heavy atom. The highest BCUT2D eigenvalue weighted by Gasteiger charge is 2.21. The molecule has 9 nitrogen and oxygen atoms in total. The Morgan fingerprint density at radius 3 is 2.71 bits per heavy atom. The summed E-state index contributed by atoms with van der Waals surface area (Å²) in [4.78, 5) is 28.5. The van der Waals surface area contributed by atoms with Gasteiger partial charge in [-0.2, -0.15) is 15.0 Å². The zero-order valence-electron chi connectivity index (χ0n) is 16.4. The van der Waals surface area contributed by atoms with Crippen molar-refractivity contribution >= 4 is 54.7 Å². The summed E-state index contributed by atoms with van der Waals surface area (Å²) in [6.45, 7) is 3.37. The van der Waals surface area contributed by atoms with Gasteiger partial charge in [0.1, 0.15) is 11.9 Å². The molecule has 0 aliphatic carbocycles. The molecule has 0 unspecified atom stereocenters. The van der Waals surface area contributed by atoms with Gasteiger partial charge in [-0.05, 0) is 24.3 Å². The quantitative estimate of drug-likeness (QED) is 0.249. The van der Waals surface area contributed by atoms with Gasteiger partial charge in [0.2, 0.25) is 5.75 Å². The molecule has 0 radical (unpaired) electrons. The Morgan fingerprint density at radius 2 is 2.06 bits per heavy atom. The molecule has 0 aliphatic rings. The fraction of sp³-hybridized carbons (Fsp3) is 0.200. The number of rotatable bonds is 6. The molecule has 1 heterocycles. The molecule has 1 aromatic heterocycles. The molecule has 3 rings (SSSR count). The van der Waals surface area contributed by atoms with Gasteiger partial charge in [0, 0.05) is 26.5 Å². The average Bonchev–Trinajstić information content (AvgIpc) is 2.71. The number of fused-ring (bicyclic) bond motifs is 1. The first-order valence-corrected chi connectivity index (χ1v) is 10.6. The van der Waals surface area contributed by atoms with E-state index < -0.39 is 4.92 Å². The number of hydrogen-bond acceptors (Lipinski definition) is 7. The first kappa shape index (κ1) is 22.6. The number of nitro benzene ring substituents is 1. The zero-order valence-corrected chi connectivity index (χ0v) is 19.5. The van der Waals surface area contributed by atoms with Crippen LogP contribution in [0.5, 0.6) is 5.75 Å². The smallest absolute Gasteiger partial charge is 0.312 e. The lowest BCUT2D eigenvalue weighted by Gasteiger charge is -2.12. The van der Waals surface area contributed by atoms with Crippen molar-refractivity contribution in [3.8, 4) is 11.8 Å². The van der Waals surface area contributed by atoms with E-state index in [1.807, 2.05) is 13.8 Å². The Balaban J connectivity index is 2.23. The number of ether oxygens (including phenoxy) is 1. The molecule has 158 valence electrons. The van der Waals surface area contributed by atoms with Crippen molar-refractivity contribution in [1.82, 2.24) is 9.66 Å². The van der Waals surface area contributed by atoms with E-state index in [1.165, 1.54) is 17.0 Å². The molecular formula is C20H15Br2N5O4. The molecule has 0 spiro atoms. The summed E-state index contributed by atoms with van der Waals surface area (Å²) < 4.78 is 7.60. The van der Waals surface area contributed by atoms with E-state index in [9.17, 15) is 14.9 Å². The van der Waals surface area contributed by atoms with Crippen molar-refractivity contribution < 1.29 is 9.66 Å². The van der Waals surface area contributed by atoms with Gasteiger partial charge in [-0.1, -0.05) is 45.7 Å². The minimum atomic E-state index is -0.615. The van der Waals surface area contributed by atoms with Crippen molar-refractivity contribution in [2.75, 3.05) is 6.61 Å². The van der Waals surface area contributed by atoms with Gasteiger partial charge < -0.3 is 4.74 Å². The summed E-state index contributed by atoms with van der Waals surface area (Å²) in [6.07, 6.45) is 1.28. The van der Waals surface area contributed by atoms with E-state index in [1.54, 1.807) is 30.3 Å². The molecule has 3 aromatic rings. The van der Waals surface area contributed by atoms with E-state index >= 15 is 0 Å². The summed E-state index contributed by atoms with van der Waals surface area (Å²) in [5.74, 6) is 0.193. The number of nitriles is 1. The van der Waals surface area contributed by atoms with Crippen LogP contribution in [0.4, 0.5) is 5.69 Å². The van der Waals surface area contributed by atoms with Crippen LogP contribution in [-0.2, 0) is 0 Å². The fourth-order valence-corrected chi connectivity index (χ4v) is 3.69. The highest BCUT2D eigenvalue weighted by Crippen LogP contribution is 2.34. The van der Waals surface area contributed by atoms with E-state index in [0.29, 0.717) is 21.2 Å². The topological polar surface area (TPSA) is 123 Å². The lowest BCUT2D eigenvalue weighted by Crippen LogP contribution is -2.23. The molecule has 0 fully saturated rings. The SMILES string of the molecule is CC(C)c1nc2ccc(Br)cc2c(=O)n1N=Cc1cc(Br)cc([N+](=O)[O-])c1OCC#N. The molecule has 0 atom stereocenters. The highest BCUT2D eigenvalue weighted by molar-refractivity contribution is 9.10. The summed E-state index contributed by atoms with van der Waals surface area (Å²) >= 11 is 6.58. The van der Waals surface area contributed by atoms with Crippen LogP contribution in [-0.4, -0.2) is 27.4 Å². The monoisotopic (exact) mass is 547 g/mol. The summed E-state index contributed by atoms with van der Waals surface area (Å²) in [6, 6.07) is 9.80. The van der Waals surface area contributed by atoms with Crippen LogP contribution in [0.2, 0.25) is 0 Å². The maximum absolute atomic E-state index is 13.1. The molecule has 11 heteroatoms. The number of nitrogens with zero attached hydrogens (tertiary/aromatic N) is 5. The van der Waals surface area contributed by atoms with Crippen molar-refractivity contribution in [3.63, 3.8) is 0 Å². The fourth-order valence-electron chi connectivity index (χ4n) is 2.86. The van der Waals surface area contributed by atoms with Crippen molar-refractivity contribution in [2.45, 2.75) is 19.8 Å². The summed E-state index contributed by atoms with van der Waals surface area (Å²) in [5.41, 5.74) is 0.0602. The molecule has 0 bridgehead atoms. The first-order chi connectivity index (χ1) is 14.7. The van der Waals surface area contributed by atoms with E-state index in [-0.39, 0.29) is 35.1 Å². The van der Waals surface area contributed by atoms with E-state index in [2.05, 4.69) is 41.9 Å². The van der Waals surface area contributed by atoms with Crippen LogP contribution in [0.3, 0.4) is 0 Å². The van der Waals surface area contributed by atoms with Gasteiger partial charge in [0.05, 0.1) is 22.0 Å². The Hall–Kier alpha value is -3.10. The molecule has 0 saturated carbocycles. The van der Waals surface area contributed by atoms with Gasteiger partial charge in [-0.3, -0.25) is 14.9 Å². The van der Waals surface area contributed by atoms with Crippen LogP contribution in [0.25, 0.3) is 10.9 Å². The zero-order chi connectivity index (χ0) is 22.7. The van der Waals surface area contributed by atoms with E-state index in [0.717, 1.165) is 4.47 Å². The van der Waals surface area contributed by atoms with Gasteiger partial charge >= 0.3 is 5.69 Å². The Kier molecular flexibility index (Phi) is 6.82. The second-order valence-electron chi connectivity index (χ2n) is 6.69. The van der Waals surface area contributed by atoms with Gasteiger partial charge in [0.15, 0.2) is 6.61 Å². The van der Waals surface area contributed by atoms with Crippen LogP contribution in [0.1, 0.15) is 31.2 Å². The third-order valence-corrected chi connectivity index (χ3v) is 5.15. The van der Waals surface area contributed by atoms with Crippen LogP contribution >= 0.6 is 31.9 Å². The summed E-state index contributed by atoms with van der Waals surface area (Å²) in [7, 11) is 0. The molecule has 0 N–H and O–H groups in total. The Labute approximate surface area is 193 Å². The van der Waals surface area contributed by atoms with Crippen molar-refractivity contribution in [3.05, 3.63) is 71.1 Å². The van der Waals surface area contributed by atoms with Gasteiger partial charge in [0.25, 0.3) is 5.56 Å². The van der Waals surface area contributed by atoms with Crippen molar-refractivity contribution in [2.24, 2.45) is 5.10 Å². The largest absolute Gasteiger partial charge is 0.471 e. The first-order valence-electron chi connectivity index (χ1n) is 8.97.